The van der Waals surface area contributed by atoms with E-state index in [0.29, 0.717) is 12.2 Å². The topological polar surface area (TPSA) is 96.4 Å². The fourth-order valence-electron chi connectivity index (χ4n) is 1.89. The molecule has 1 aromatic heterocycles. The van der Waals surface area contributed by atoms with Crippen LogP contribution in [0.15, 0.2) is 11.0 Å². The van der Waals surface area contributed by atoms with Gasteiger partial charge in [0.15, 0.2) is 11.6 Å². The van der Waals surface area contributed by atoms with Crippen molar-refractivity contribution < 1.29 is 18.7 Å². The van der Waals surface area contributed by atoms with Gasteiger partial charge in [-0.3, -0.25) is 9.36 Å². The first kappa shape index (κ1) is 16.8. The molecule has 0 unspecified atom stereocenters. The van der Waals surface area contributed by atoms with Crippen LogP contribution in [-0.4, -0.2) is 33.3 Å². The van der Waals surface area contributed by atoms with Crippen LogP contribution in [0.4, 0.5) is 10.2 Å². The highest BCUT2D eigenvalue weighted by Gasteiger charge is 2.29. The summed E-state index contributed by atoms with van der Waals surface area (Å²) >= 11 is 1.39. The average Bonchev–Trinajstić information content (AvgIpc) is 2.95. The quantitative estimate of drug-likeness (QED) is 0.784. The predicted octanol–water partition coefficient (Wildman–Crippen LogP) is 1.29. The van der Waals surface area contributed by atoms with E-state index in [4.69, 9.17) is 15.2 Å². The van der Waals surface area contributed by atoms with Crippen molar-refractivity contribution in [3.63, 3.8) is 0 Å². The number of halogens is 1. The van der Waals surface area contributed by atoms with E-state index >= 15 is 0 Å². The van der Waals surface area contributed by atoms with Crippen molar-refractivity contribution in [1.29, 1.82) is 0 Å². The maximum absolute atomic E-state index is 13.4. The highest BCUT2D eigenvalue weighted by molar-refractivity contribution is 8.00. The van der Waals surface area contributed by atoms with E-state index in [2.05, 4.69) is 4.98 Å². The lowest BCUT2D eigenvalue weighted by atomic mass is 10.2. The molecule has 0 spiro atoms. The summed E-state index contributed by atoms with van der Waals surface area (Å²) in [6, 6.07) is 0. The Morgan fingerprint density at radius 3 is 3.18 bits per heavy atom. The SMILES string of the molecule is CCCCC(=O)OC[C@H]1O[C@@H](n2cc(F)c(N)nc2=O)CS1. The van der Waals surface area contributed by atoms with Crippen molar-refractivity contribution in [2.24, 2.45) is 0 Å². The Kier molecular flexibility index (Phi) is 5.78. The molecule has 0 amide bonds. The summed E-state index contributed by atoms with van der Waals surface area (Å²) in [5, 5.41) is 0. The number of hydrogen-bond donors (Lipinski definition) is 1. The molecule has 9 heteroatoms. The van der Waals surface area contributed by atoms with Gasteiger partial charge in [-0.25, -0.2) is 9.18 Å². The number of aromatic nitrogens is 2. The van der Waals surface area contributed by atoms with E-state index < -0.39 is 23.6 Å². The predicted molar refractivity (Wildman–Crippen MR) is 79.7 cm³/mol. The highest BCUT2D eigenvalue weighted by atomic mass is 32.2. The Labute approximate surface area is 131 Å². The second kappa shape index (κ2) is 7.59. The molecule has 0 radical (unpaired) electrons. The lowest BCUT2D eigenvalue weighted by Crippen LogP contribution is -2.30. The van der Waals surface area contributed by atoms with Crippen LogP contribution in [0.1, 0.15) is 32.4 Å². The van der Waals surface area contributed by atoms with Crippen LogP contribution in [0.5, 0.6) is 0 Å². The lowest BCUT2D eigenvalue weighted by Gasteiger charge is -2.15. The van der Waals surface area contributed by atoms with Crippen molar-refractivity contribution in [3.05, 3.63) is 22.5 Å². The van der Waals surface area contributed by atoms with Crippen LogP contribution in [0, 0.1) is 5.82 Å². The second-order valence-electron chi connectivity index (χ2n) is 4.80. The minimum absolute atomic E-state index is 0.101. The van der Waals surface area contributed by atoms with E-state index in [1.807, 2.05) is 6.92 Å². The zero-order valence-electron chi connectivity index (χ0n) is 12.2. The number of thioether (sulfide) groups is 1. The van der Waals surface area contributed by atoms with Crippen LogP contribution in [-0.2, 0) is 14.3 Å². The third-order valence-electron chi connectivity index (χ3n) is 3.09. The molecule has 2 N–H and O–H groups in total. The number of nitrogens with zero attached hydrogens (tertiary/aromatic N) is 2. The zero-order valence-corrected chi connectivity index (χ0v) is 13.0. The number of unbranched alkanes of at least 4 members (excludes halogenated alkanes) is 1. The summed E-state index contributed by atoms with van der Waals surface area (Å²) in [6.07, 6.45) is 2.41. The Hall–Kier alpha value is -1.61. The van der Waals surface area contributed by atoms with Crippen molar-refractivity contribution in [1.82, 2.24) is 9.55 Å². The molecule has 7 nitrogen and oxygen atoms in total. The van der Waals surface area contributed by atoms with Crippen LogP contribution >= 0.6 is 11.8 Å². The fourth-order valence-corrected chi connectivity index (χ4v) is 2.88. The number of ether oxygens (including phenoxy) is 2. The number of esters is 1. The van der Waals surface area contributed by atoms with Gasteiger partial charge in [-0.2, -0.15) is 4.98 Å². The molecule has 0 aromatic carbocycles. The molecule has 1 aromatic rings. The van der Waals surface area contributed by atoms with Gasteiger partial charge in [-0.1, -0.05) is 13.3 Å². The average molecular weight is 331 g/mol. The van der Waals surface area contributed by atoms with E-state index in [1.54, 1.807) is 0 Å². The van der Waals surface area contributed by atoms with Gasteiger partial charge >= 0.3 is 11.7 Å². The maximum Gasteiger partial charge on any atom is 0.351 e. The molecule has 0 aliphatic carbocycles. The minimum atomic E-state index is -0.775. The van der Waals surface area contributed by atoms with Gasteiger partial charge in [0.05, 0.1) is 6.20 Å². The molecule has 1 aliphatic rings. The molecule has 1 fully saturated rings. The van der Waals surface area contributed by atoms with Crippen molar-refractivity contribution in [2.75, 3.05) is 18.1 Å². The number of carbonyl (C=O) groups excluding carboxylic acids is 1. The van der Waals surface area contributed by atoms with Gasteiger partial charge in [-0.15, -0.1) is 11.8 Å². The largest absolute Gasteiger partial charge is 0.462 e. The summed E-state index contributed by atoms with van der Waals surface area (Å²) in [4.78, 5) is 26.5. The molecule has 0 saturated carbocycles. The molecule has 2 rings (SSSR count). The van der Waals surface area contributed by atoms with E-state index in [-0.39, 0.29) is 18.0 Å². The van der Waals surface area contributed by atoms with Gasteiger partial charge < -0.3 is 15.2 Å². The fraction of sp³-hybridized carbons (Fsp3) is 0.615. The molecular weight excluding hydrogens is 313 g/mol. The summed E-state index contributed by atoms with van der Waals surface area (Å²) < 4.78 is 25.1. The molecular formula is C13H18FN3O4S. The van der Waals surface area contributed by atoms with Crippen molar-refractivity contribution in [3.8, 4) is 0 Å². The minimum Gasteiger partial charge on any atom is -0.462 e. The Bertz CT molecular complexity index is 595. The number of carbonyl (C=O) groups is 1. The Morgan fingerprint density at radius 2 is 2.45 bits per heavy atom. The summed E-state index contributed by atoms with van der Waals surface area (Å²) in [7, 11) is 0. The number of nitrogen functional groups attached to an aromatic ring is 1. The molecule has 2 heterocycles. The monoisotopic (exact) mass is 331 g/mol. The van der Waals surface area contributed by atoms with E-state index in [1.165, 1.54) is 11.8 Å². The highest BCUT2D eigenvalue weighted by Crippen LogP contribution is 2.31. The Balaban J connectivity index is 1.89. The standard InChI is InChI=1S/C13H18FN3O4S/c1-2-3-4-10(18)20-6-11-21-9(7-22-11)17-5-8(14)12(15)16-13(17)19/h5,9,11H,2-4,6-7H2,1H3,(H2,15,16,19)/t9-,11+/m1/s1. The number of nitrogens with two attached hydrogens (primary N) is 1. The Morgan fingerprint density at radius 1 is 1.68 bits per heavy atom. The lowest BCUT2D eigenvalue weighted by molar-refractivity contribution is -0.147. The van der Waals surface area contributed by atoms with Gasteiger partial charge in [0.25, 0.3) is 0 Å². The first-order chi connectivity index (χ1) is 10.5. The zero-order chi connectivity index (χ0) is 16.1. The van der Waals surface area contributed by atoms with Gasteiger partial charge in [0, 0.05) is 12.2 Å². The number of hydrogen-bond acceptors (Lipinski definition) is 7. The van der Waals surface area contributed by atoms with Crippen molar-refractivity contribution >= 4 is 23.5 Å². The summed E-state index contributed by atoms with van der Waals surface area (Å²) in [5.41, 5.74) is 4.17. The number of rotatable bonds is 6. The van der Waals surface area contributed by atoms with Gasteiger partial charge in [0.1, 0.15) is 18.3 Å². The van der Waals surface area contributed by atoms with Crippen molar-refractivity contribution in [2.45, 2.75) is 37.9 Å². The normalized spacial score (nSPS) is 21.0. The third-order valence-corrected chi connectivity index (χ3v) is 4.19. The van der Waals surface area contributed by atoms with E-state index in [9.17, 15) is 14.0 Å². The maximum atomic E-state index is 13.4. The molecule has 22 heavy (non-hydrogen) atoms. The number of anilines is 1. The third kappa shape index (κ3) is 4.20. The second-order valence-corrected chi connectivity index (χ2v) is 6.00. The van der Waals surface area contributed by atoms with Crippen LogP contribution in [0.2, 0.25) is 0 Å². The molecule has 1 saturated heterocycles. The first-order valence-electron chi connectivity index (χ1n) is 6.98. The molecule has 2 atom stereocenters. The molecule has 0 bridgehead atoms. The summed E-state index contributed by atoms with van der Waals surface area (Å²) in [6.45, 7) is 2.09. The molecule has 122 valence electrons. The van der Waals surface area contributed by atoms with Crippen LogP contribution in [0.25, 0.3) is 0 Å². The first-order valence-corrected chi connectivity index (χ1v) is 8.03. The van der Waals surface area contributed by atoms with Crippen LogP contribution < -0.4 is 11.4 Å². The van der Waals surface area contributed by atoms with Crippen LogP contribution in [0.3, 0.4) is 0 Å². The van der Waals surface area contributed by atoms with Gasteiger partial charge in [0.2, 0.25) is 0 Å². The smallest absolute Gasteiger partial charge is 0.351 e. The van der Waals surface area contributed by atoms with E-state index in [0.717, 1.165) is 23.6 Å². The summed E-state index contributed by atoms with van der Waals surface area (Å²) in [5.74, 6) is -1.05. The molecule has 1 aliphatic heterocycles. The van der Waals surface area contributed by atoms with Gasteiger partial charge in [-0.05, 0) is 6.42 Å².